The van der Waals surface area contributed by atoms with Gasteiger partial charge in [0, 0.05) is 25.7 Å². The number of likely N-dealkylation sites (N-methyl/N-ethyl adjacent to an activating group) is 1. The Morgan fingerprint density at radius 2 is 2.07 bits per heavy atom. The number of carboxylic acids is 1. The quantitative estimate of drug-likeness (QED) is 0.743. The van der Waals surface area contributed by atoms with Crippen LogP contribution < -0.4 is 5.32 Å². The Bertz CT molecular complexity index is 654. The molecule has 1 aromatic carbocycles. The third kappa shape index (κ3) is 6.21. The van der Waals surface area contributed by atoms with Crippen molar-refractivity contribution in [2.45, 2.75) is 37.8 Å². The summed E-state index contributed by atoms with van der Waals surface area (Å²) in [5.41, 5.74) is 1.36. The summed E-state index contributed by atoms with van der Waals surface area (Å²) in [7, 11) is 1.75. The fourth-order valence-corrected chi connectivity index (χ4v) is 4.26. The third-order valence-corrected chi connectivity index (χ3v) is 5.58. The van der Waals surface area contributed by atoms with Crippen molar-refractivity contribution in [3.05, 3.63) is 35.9 Å². The molecule has 0 aromatic heterocycles. The molecule has 1 saturated heterocycles. The summed E-state index contributed by atoms with van der Waals surface area (Å²) in [6.45, 7) is 2.02. The van der Waals surface area contributed by atoms with Crippen LogP contribution in [0.4, 0.5) is 4.79 Å². The lowest BCUT2D eigenvalue weighted by atomic mass is 9.98. The number of ether oxygens (including phenoxy) is 1. The third-order valence-electron chi connectivity index (χ3n) is 5.58. The molecule has 2 N–H and O–H groups in total. The minimum atomic E-state index is -0.862. The molecule has 3 atom stereocenters. The highest BCUT2D eigenvalue weighted by molar-refractivity contribution is 5.74. The van der Waals surface area contributed by atoms with E-state index < -0.39 is 5.97 Å². The summed E-state index contributed by atoms with van der Waals surface area (Å²) in [6, 6.07) is 10.7. The molecule has 0 bridgehead atoms. The largest absolute Gasteiger partial charge is 0.480 e. The van der Waals surface area contributed by atoms with Gasteiger partial charge in [-0.3, -0.25) is 9.69 Å². The van der Waals surface area contributed by atoms with Crippen LogP contribution in [0.3, 0.4) is 0 Å². The molecule has 7 nitrogen and oxygen atoms in total. The van der Waals surface area contributed by atoms with E-state index in [0.717, 1.165) is 25.7 Å². The first kappa shape index (κ1) is 20.6. The lowest BCUT2D eigenvalue weighted by molar-refractivity contribution is -0.138. The monoisotopic (exact) mass is 389 g/mol. The van der Waals surface area contributed by atoms with E-state index in [4.69, 9.17) is 9.84 Å². The first-order valence-electron chi connectivity index (χ1n) is 10.1. The van der Waals surface area contributed by atoms with Crippen LogP contribution in [0.1, 0.15) is 24.8 Å². The lowest BCUT2D eigenvalue weighted by Crippen LogP contribution is -2.53. The van der Waals surface area contributed by atoms with Gasteiger partial charge in [0.05, 0.1) is 19.3 Å². The van der Waals surface area contributed by atoms with Crippen LogP contribution in [-0.4, -0.2) is 78.9 Å². The SMILES string of the molecule is CN(CC(=O)O)CC1CN(C(=O)NC2CCC(Cc3ccccc3)C2)CCO1. The molecule has 3 unspecified atom stereocenters. The van der Waals surface area contributed by atoms with Crippen LogP contribution >= 0.6 is 0 Å². The van der Waals surface area contributed by atoms with E-state index in [2.05, 4.69) is 29.6 Å². The second-order valence-electron chi connectivity index (χ2n) is 8.04. The number of amides is 2. The molecule has 0 radical (unpaired) electrons. The highest BCUT2D eigenvalue weighted by atomic mass is 16.5. The Morgan fingerprint density at radius 3 is 2.82 bits per heavy atom. The minimum Gasteiger partial charge on any atom is -0.480 e. The second-order valence-corrected chi connectivity index (χ2v) is 8.04. The van der Waals surface area contributed by atoms with Crippen LogP contribution in [0.2, 0.25) is 0 Å². The van der Waals surface area contributed by atoms with Gasteiger partial charge in [-0.2, -0.15) is 0 Å². The first-order chi connectivity index (χ1) is 13.5. The standard InChI is InChI=1S/C21H31N3O4/c1-23(15-20(25)26)13-19-14-24(9-10-28-19)21(27)22-18-8-7-17(12-18)11-16-5-3-2-4-6-16/h2-6,17-19H,7-15H2,1H3,(H,22,27)(H,25,26). The molecule has 1 aliphatic carbocycles. The number of nitrogens with one attached hydrogen (secondary N) is 1. The smallest absolute Gasteiger partial charge is 0.317 e. The van der Waals surface area contributed by atoms with Crippen molar-refractivity contribution in [3.8, 4) is 0 Å². The van der Waals surface area contributed by atoms with Crippen LogP contribution in [0, 0.1) is 5.92 Å². The Hall–Kier alpha value is -2.12. The second kappa shape index (κ2) is 9.89. The van der Waals surface area contributed by atoms with Gasteiger partial charge in [-0.25, -0.2) is 4.79 Å². The fraction of sp³-hybridized carbons (Fsp3) is 0.619. The molecule has 1 heterocycles. The predicted molar refractivity (Wildman–Crippen MR) is 106 cm³/mol. The number of rotatable bonds is 7. The number of hydrogen-bond acceptors (Lipinski definition) is 4. The van der Waals surface area contributed by atoms with Gasteiger partial charge in [-0.1, -0.05) is 30.3 Å². The van der Waals surface area contributed by atoms with Crippen LogP contribution in [0.5, 0.6) is 0 Å². The van der Waals surface area contributed by atoms with Crippen molar-refractivity contribution in [2.24, 2.45) is 5.92 Å². The zero-order valence-electron chi connectivity index (χ0n) is 16.5. The van der Waals surface area contributed by atoms with E-state index in [9.17, 15) is 9.59 Å². The fourth-order valence-electron chi connectivity index (χ4n) is 4.26. The number of carboxylic acid groups (broad SMARTS) is 1. The summed E-state index contributed by atoms with van der Waals surface area (Å²) >= 11 is 0. The van der Waals surface area contributed by atoms with E-state index >= 15 is 0 Å². The summed E-state index contributed by atoms with van der Waals surface area (Å²) < 4.78 is 5.71. The van der Waals surface area contributed by atoms with Crippen molar-refractivity contribution >= 4 is 12.0 Å². The minimum absolute atomic E-state index is 0.0282. The van der Waals surface area contributed by atoms with E-state index in [-0.39, 0.29) is 24.7 Å². The number of urea groups is 1. The molecule has 154 valence electrons. The Kier molecular flexibility index (Phi) is 7.28. The molecule has 2 fully saturated rings. The maximum absolute atomic E-state index is 12.7. The van der Waals surface area contributed by atoms with Crippen molar-refractivity contribution in [1.82, 2.24) is 15.1 Å². The molecule has 3 rings (SSSR count). The van der Waals surface area contributed by atoms with Crippen molar-refractivity contribution in [1.29, 1.82) is 0 Å². The number of carbonyl (C=O) groups excluding carboxylic acids is 1. The van der Waals surface area contributed by atoms with E-state index in [1.807, 2.05) is 6.07 Å². The number of hydrogen-bond donors (Lipinski definition) is 2. The number of benzene rings is 1. The van der Waals surface area contributed by atoms with Gasteiger partial charge in [-0.15, -0.1) is 0 Å². The average molecular weight is 389 g/mol. The number of aliphatic carboxylic acids is 1. The molecule has 2 aliphatic rings. The van der Waals surface area contributed by atoms with Crippen LogP contribution in [0.25, 0.3) is 0 Å². The van der Waals surface area contributed by atoms with Gasteiger partial charge in [0.15, 0.2) is 0 Å². The van der Waals surface area contributed by atoms with Gasteiger partial charge in [0.25, 0.3) is 0 Å². The first-order valence-corrected chi connectivity index (χ1v) is 10.1. The lowest BCUT2D eigenvalue weighted by Gasteiger charge is -2.35. The van der Waals surface area contributed by atoms with Crippen molar-refractivity contribution in [3.63, 3.8) is 0 Å². The van der Waals surface area contributed by atoms with Gasteiger partial charge >= 0.3 is 12.0 Å². The number of morpholine rings is 1. The molecular weight excluding hydrogens is 358 g/mol. The highest BCUT2D eigenvalue weighted by Crippen LogP contribution is 2.28. The average Bonchev–Trinajstić information content (AvgIpc) is 3.08. The van der Waals surface area contributed by atoms with Gasteiger partial charge in [0.2, 0.25) is 0 Å². The summed E-state index contributed by atoms with van der Waals surface area (Å²) in [5, 5.41) is 12.1. The highest BCUT2D eigenvalue weighted by Gasteiger charge is 2.30. The number of nitrogens with zero attached hydrogens (tertiary/aromatic N) is 2. The van der Waals surface area contributed by atoms with Crippen molar-refractivity contribution in [2.75, 3.05) is 39.8 Å². The Balaban J connectivity index is 1.42. The molecule has 0 spiro atoms. The molecule has 1 saturated carbocycles. The van der Waals surface area contributed by atoms with Crippen LogP contribution in [-0.2, 0) is 16.0 Å². The number of carbonyl (C=O) groups is 2. The van der Waals surface area contributed by atoms with Gasteiger partial charge < -0.3 is 20.1 Å². The zero-order valence-corrected chi connectivity index (χ0v) is 16.5. The normalized spacial score (nSPS) is 25.1. The Labute approximate surface area is 166 Å². The van der Waals surface area contributed by atoms with E-state index in [1.165, 1.54) is 5.56 Å². The molecule has 28 heavy (non-hydrogen) atoms. The zero-order chi connectivity index (χ0) is 19.9. The molecular formula is C21H31N3O4. The topological polar surface area (TPSA) is 82.1 Å². The maximum Gasteiger partial charge on any atom is 0.317 e. The van der Waals surface area contributed by atoms with E-state index in [1.54, 1.807) is 16.8 Å². The molecule has 2 amide bonds. The van der Waals surface area contributed by atoms with Crippen LogP contribution in [0.15, 0.2) is 30.3 Å². The van der Waals surface area contributed by atoms with Gasteiger partial charge in [-0.05, 0) is 44.2 Å². The maximum atomic E-state index is 12.7. The predicted octanol–water partition coefficient (Wildman–Crippen LogP) is 1.82. The molecule has 7 heteroatoms. The Morgan fingerprint density at radius 1 is 1.29 bits per heavy atom. The molecule has 1 aliphatic heterocycles. The van der Waals surface area contributed by atoms with E-state index in [0.29, 0.717) is 32.2 Å². The van der Waals surface area contributed by atoms with Gasteiger partial charge in [0.1, 0.15) is 0 Å². The molecule has 1 aromatic rings. The summed E-state index contributed by atoms with van der Waals surface area (Å²) in [4.78, 5) is 27.0. The summed E-state index contributed by atoms with van der Waals surface area (Å²) in [5.74, 6) is -0.242. The summed E-state index contributed by atoms with van der Waals surface area (Å²) in [6.07, 6.45) is 4.11. The van der Waals surface area contributed by atoms with Crippen molar-refractivity contribution < 1.29 is 19.4 Å².